The smallest absolute Gasteiger partial charge is 0.323 e. The summed E-state index contributed by atoms with van der Waals surface area (Å²) in [4.78, 5) is 21.5. The summed E-state index contributed by atoms with van der Waals surface area (Å²) in [6.07, 6.45) is -0.167. The lowest BCUT2D eigenvalue weighted by atomic mass is 10.1. The number of benzene rings is 1. The number of carbonyl (C=O) groups is 1. The highest BCUT2D eigenvalue weighted by Gasteiger charge is 2.19. The third-order valence-electron chi connectivity index (χ3n) is 2.35. The summed E-state index contributed by atoms with van der Waals surface area (Å²) in [5, 5.41) is 20.0. The molecule has 0 aromatic heterocycles. The van der Waals surface area contributed by atoms with E-state index in [2.05, 4.69) is 0 Å². The predicted octanol–water partition coefficient (Wildman–Crippen LogP) is 1.12. The maximum absolute atomic E-state index is 11.5. The molecule has 19 heavy (non-hydrogen) atoms. The first kappa shape index (κ1) is 14.9. The second-order valence-electron chi connectivity index (χ2n) is 4.38. The number of nitrogens with two attached hydrogens (primary N) is 1. The van der Waals surface area contributed by atoms with Crippen LogP contribution in [0.4, 0.5) is 5.69 Å². The van der Waals surface area contributed by atoms with Crippen LogP contribution in [-0.4, -0.2) is 28.1 Å². The van der Waals surface area contributed by atoms with E-state index >= 15 is 0 Å². The predicted molar refractivity (Wildman–Crippen MR) is 67.7 cm³/mol. The van der Waals surface area contributed by atoms with Gasteiger partial charge in [0, 0.05) is 6.07 Å². The Labute approximate surface area is 110 Å². The molecule has 1 atom stereocenters. The van der Waals surface area contributed by atoms with Crippen molar-refractivity contribution in [3.8, 4) is 5.75 Å². The quantitative estimate of drug-likeness (QED) is 0.469. The monoisotopic (exact) mass is 268 g/mol. The molecule has 1 rings (SSSR count). The van der Waals surface area contributed by atoms with E-state index in [1.807, 2.05) is 0 Å². The van der Waals surface area contributed by atoms with Gasteiger partial charge in [0.1, 0.15) is 6.04 Å². The van der Waals surface area contributed by atoms with Crippen LogP contribution in [-0.2, 0) is 16.0 Å². The van der Waals surface area contributed by atoms with Crippen LogP contribution >= 0.6 is 0 Å². The molecule has 3 N–H and O–H groups in total. The topological polar surface area (TPSA) is 116 Å². The zero-order valence-corrected chi connectivity index (χ0v) is 10.7. The molecule has 0 aliphatic carbocycles. The molecule has 0 amide bonds. The van der Waals surface area contributed by atoms with E-state index in [0.29, 0.717) is 5.56 Å². The van der Waals surface area contributed by atoms with Gasteiger partial charge in [-0.3, -0.25) is 14.9 Å². The highest BCUT2D eigenvalue weighted by molar-refractivity contribution is 5.76. The Bertz CT molecular complexity index is 487. The van der Waals surface area contributed by atoms with Crippen molar-refractivity contribution in [2.75, 3.05) is 0 Å². The Hall–Kier alpha value is -2.15. The summed E-state index contributed by atoms with van der Waals surface area (Å²) in [5.41, 5.74) is 5.72. The number of nitro groups is 1. The molecule has 1 unspecified atom stereocenters. The number of hydrogen-bond acceptors (Lipinski definition) is 6. The van der Waals surface area contributed by atoms with Gasteiger partial charge in [-0.15, -0.1) is 0 Å². The molecule has 0 radical (unpaired) electrons. The molecule has 0 fully saturated rings. The molecule has 1 aromatic rings. The number of carbonyl (C=O) groups excluding carboxylic acids is 1. The van der Waals surface area contributed by atoms with Crippen molar-refractivity contribution in [2.24, 2.45) is 5.73 Å². The van der Waals surface area contributed by atoms with Crippen LogP contribution in [0.3, 0.4) is 0 Å². The molecule has 104 valence electrons. The van der Waals surface area contributed by atoms with Gasteiger partial charge in [-0.2, -0.15) is 0 Å². The summed E-state index contributed by atoms with van der Waals surface area (Å²) in [5.74, 6) is -0.988. The fraction of sp³-hybridized carbons (Fsp3) is 0.417. The summed E-state index contributed by atoms with van der Waals surface area (Å²) in [6.45, 7) is 3.41. The summed E-state index contributed by atoms with van der Waals surface area (Å²) in [7, 11) is 0. The normalized spacial score (nSPS) is 12.2. The minimum atomic E-state index is -0.897. The average molecular weight is 268 g/mol. The number of phenolic OH excluding ortho intramolecular Hbond substituents is 1. The van der Waals surface area contributed by atoms with Gasteiger partial charge < -0.3 is 15.6 Å². The molecular formula is C12H16N2O5. The molecule has 1 aromatic carbocycles. The Morgan fingerprint density at radius 2 is 2.16 bits per heavy atom. The summed E-state index contributed by atoms with van der Waals surface area (Å²) < 4.78 is 4.94. The van der Waals surface area contributed by atoms with Crippen molar-refractivity contribution in [3.63, 3.8) is 0 Å². The molecule has 0 bridgehead atoms. The standard InChI is InChI=1S/C12H16N2O5/c1-7(2)19-12(16)9(13)5-8-3-4-11(15)10(6-8)14(17)18/h3-4,6-7,9,15H,5,13H2,1-2H3. The molecule has 0 saturated heterocycles. The van der Waals surface area contributed by atoms with Gasteiger partial charge in [0.2, 0.25) is 0 Å². The Balaban J connectivity index is 2.80. The van der Waals surface area contributed by atoms with E-state index in [1.165, 1.54) is 18.2 Å². The average Bonchev–Trinajstić information content (AvgIpc) is 2.30. The largest absolute Gasteiger partial charge is 0.502 e. The lowest BCUT2D eigenvalue weighted by molar-refractivity contribution is -0.385. The number of hydrogen-bond donors (Lipinski definition) is 2. The van der Waals surface area contributed by atoms with Crippen molar-refractivity contribution >= 4 is 11.7 Å². The van der Waals surface area contributed by atoms with Crippen LogP contribution in [0.15, 0.2) is 18.2 Å². The van der Waals surface area contributed by atoms with Crippen molar-refractivity contribution in [3.05, 3.63) is 33.9 Å². The van der Waals surface area contributed by atoms with Crippen molar-refractivity contribution in [2.45, 2.75) is 32.4 Å². The molecular weight excluding hydrogens is 252 g/mol. The van der Waals surface area contributed by atoms with Gasteiger partial charge in [-0.25, -0.2) is 0 Å². The Morgan fingerprint density at radius 3 is 2.68 bits per heavy atom. The third-order valence-corrected chi connectivity index (χ3v) is 2.35. The van der Waals surface area contributed by atoms with E-state index < -0.39 is 28.4 Å². The molecule has 0 aliphatic heterocycles. The van der Waals surface area contributed by atoms with Crippen molar-refractivity contribution < 1.29 is 19.6 Å². The van der Waals surface area contributed by atoms with E-state index in [9.17, 15) is 20.0 Å². The number of nitrogens with zero attached hydrogens (tertiary/aromatic N) is 1. The summed E-state index contributed by atoms with van der Waals surface area (Å²) >= 11 is 0. The number of ether oxygens (including phenoxy) is 1. The minimum Gasteiger partial charge on any atom is -0.502 e. The zero-order chi connectivity index (χ0) is 14.6. The number of aromatic hydroxyl groups is 1. The van der Waals surface area contributed by atoms with Gasteiger partial charge in [0.15, 0.2) is 5.75 Å². The highest BCUT2D eigenvalue weighted by Crippen LogP contribution is 2.26. The fourth-order valence-corrected chi connectivity index (χ4v) is 1.50. The zero-order valence-electron chi connectivity index (χ0n) is 10.7. The van der Waals surface area contributed by atoms with Crippen LogP contribution < -0.4 is 5.73 Å². The molecule has 7 heteroatoms. The first-order chi connectivity index (χ1) is 8.81. The van der Waals surface area contributed by atoms with Crippen LogP contribution in [0.5, 0.6) is 5.75 Å². The molecule has 0 spiro atoms. The summed E-state index contributed by atoms with van der Waals surface area (Å²) in [6, 6.07) is 2.97. The Kier molecular flexibility index (Phi) is 4.82. The van der Waals surface area contributed by atoms with Crippen LogP contribution in [0.25, 0.3) is 0 Å². The van der Waals surface area contributed by atoms with Gasteiger partial charge in [-0.1, -0.05) is 6.07 Å². The van der Waals surface area contributed by atoms with E-state index in [4.69, 9.17) is 10.5 Å². The molecule has 7 nitrogen and oxygen atoms in total. The van der Waals surface area contributed by atoms with Gasteiger partial charge in [0.25, 0.3) is 0 Å². The second kappa shape index (κ2) is 6.14. The lowest BCUT2D eigenvalue weighted by Crippen LogP contribution is -2.35. The van der Waals surface area contributed by atoms with E-state index in [0.717, 1.165) is 0 Å². The maximum atomic E-state index is 11.5. The number of rotatable bonds is 5. The van der Waals surface area contributed by atoms with Crippen LogP contribution in [0.1, 0.15) is 19.4 Å². The second-order valence-corrected chi connectivity index (χ2v) is 4.38. The number of nitro benzene ring substituents is 1. The number of esters is 1. The maximum Gasteiger partial charge on any atom is 0.323 e. The molecule has 0 saturated carbocycles. The van der Waals surface area contributed by atoms with Crippen LogP contribution in [0.2, 0.25) is 0 Å². The lowest BCUT2D eigenvalue weighted by Gasteiger charge is -2.13. The minimum absolute atomic E-state index is 0.104. The van der Waals surface area contributed by atoms with E-state index in [-0.39, 0.29) is 12.5 Å². The third kappa shape index (κ3) is 4.22. The number of phenols is 1. The van der Waals surface area contributed by atoms with Gasteiger partial charge in [0.05, 0.1) is 11.0 Å². The van der Waals surface area contributed by atoms with Crippen molar-refractivity contribution in [1.29, 1.82) is 0 Å². The first-order valence-electron chi connectivity index (χ1n) is 5.73. The first-order valence-corrected chi connectivity index (χ1v) is 5.73. The molecule has 0 aliphatic rings. The fourth-order valence-electron chi connectivity index (χ4n) is 1.50. The Morgan fingerprint density at radius 1 is 1.53 bits per heavy atom. The SMILES string of the molecule is CC(C)OC(=O)C(N)Cc1ccc(O)c([N+](=O)[O-])c1. The van der Waals surface area contributed by atoms with Gasteiger partial charge >= 0.3 is 11.7 Å². The molecule has 0 heterocycles. The van der Waals surface area contributed by atoms with Crippen LogP contribution in [0, 0.1) is 10.1 Å². The van der Waals surface area contributed by atoms with Gasteiger partial charge in [-0.05, 0) is 31.9 Å². The highest BCUT2D eigenvalue weighted by atomic mass is 16.6. The van der Waals surface area contributed by atoms with E-state index in [1.54, 1.807) is 13.8 Å². The van der Waals surface area contributed by atoms with Crippen molar-refractivity contribution in [1.82, 2.24) is 0 Å².